The predicted octanol–water partition coefficient (Wildman–Crippen LogP) is 5.03. The minimum atomic E-state index is -0.136. The highest BCUT2D eigenvalue weighted by molar-refractivity contribution is 7.10. The van der Waals surface area contributed by atoms with Crippen LogP contribution in [0.1, 0.15) is 52.9 Å². The van der Waals surface area contributed by atoms with Gasteiger partial charge in [0.05, 0.1) is 12.5 Å². The average Bonchev–Trinajstić information content (AvgIpc) is 3.27. The fourth-order valence-electron chi connectivity index (χ4n) is 4.01. The van der Waals surface area contributed by atoms with Crippen LogP contribution < -0.4 is 10.6 Å². The van der Waals surface area contributed by atoms with Crippen LogP contribution in [0.4, 0.5) is 5.69 Å². The second-order valence-electron chi connectivity index (χ2n) is 7.81. The monoisotopic (exact) mass is 418 g/mol. The van der Waals surface area contributed by atoms with E-state index in [1.807, 2.05) is 35.7 Å². The highest BCUT2D eigenvalue weighted by Gasteiger charge is 2.20. The zero-order valence-corrected chi connectivity index (χ0v) is 17.9. The Morgan fingerprint density at radius 2 is 1.77 bits per heavy atom. The zero-order valence-electron chi connectivity index (χ0n) is 17.1. The van der Waals surface area contributed by atoms with Crippen LogP contribution in [0.5, 0.6) is 0 Å². The standard InChI is InChI=1S/C25H26N2O2S/c1-17(28)26-22-12-8-18(9-13-22)15-24(29)27-25(23-7-4-14-30-23)21-11-10-19-5-2-3-6-20(19)16-21/h4,7-14,16,25H,2-3,5-6,15H2,1H3,(H,26,28)(H,27,29). The molecule has 5 heteroatoms. The number of benzene rings is 2. The highest BCUT2D eigenvalue weighted by Crippen LogP contribution is 2.30. The first-order valence-electron chi connectivity index (χ1n) is 10.4. The third kappa shape index (κ3) is 4.97. The van der Waals surface area contributed by atoms with Crippen LogP contribution in [0.2, 0.25) is 0 Å². The molecular formula is C25H26N2O2S. The maximum Gasteiger partial charge on any atom is 0.225 e. The number of nitrogens with one attached hydrogen (secondary N) is 2. The van der Waals surface area contributed by atoms with Gasteiger partial charge in [0.2, 0.25) is 11.8 Å². The number of anilines is 1. The summed E-state index contributed by atoms with van der Waals surface area (Å²) < 4.78 is 0. The van der Waals surface area contributed by atoms with Gasteiger partial charge in [0.25, 0.3) is 0 Å². The largest absolute Gasteiger partial charge is 0.344 e. The van der Waals surface area contributed by atoms with Crippen LogP contribution in [-0.4, -0.2) is 11.8 Å². The zero-order chi connectivity index (χ0) is 20.9. The van der Waals surface area contributed by atoms with Crippen molar-refractivity contribution in [3.05, 3.63) is 87.1 Å². The summed E-state index contributed by atoms with van der Waals surface area (Å²) in [6.45, 7) is 1.48. The molecule has 2 N–H and O–H groups in total. The number of carbonyl (C=O) groups is 2. The molecule has 0 fully saturated rings. The van der Waals surface area contributed by atoms with Gasteiger partial charge in [0.1, 0.15) is 0 Å². The van der Waals surface area contributed by atoms with E-state index in [1.165, 1.54) is 30.9 Å². The Kier molecular flexibility index (Phi) is 6.29. The normalized spacial score (nSPS) is 13.9. The molecular weight excluding hydrogens is 392 g/mol. The van der Waals surface area contributed by atoms with E-state index in [0.29, 0.717) is 6.42 Å². The molecule has 0 bridgehead atoms. The van der Waals surface area contributed by atoms with Crippen LogP contribution in [0, 0.1) is 0 Å². The SMILES string of the molecule is CC(=O)Nc1ccc(CC(=O)NC(c2ccc3c(c2)CCCC3)c2cccs2)cc1. The van der Waals surface area contributed by atoms with Gasteiger partial charge in [0.15, 0.2) is 0 Å². The Morgan fingerprint density at radius 3 is 2.47 bits per heavy atom. The quantitative estimate of drug-likeness (QED) is 0.590. The van der Waals surface area contributed by atoms with Crippen molar-refractivity contribution in [2.45, 2.75) is 45.1 Å². The van der Waals surface area contributed by atoms with Crippen molar-refractivity contribution in [2.24, 2.45) is 0 Å². The number of carbonyl (C=O) groups excluding carboxylic acids is 2. The van der Waals surface area contributed by atoms with Gasteiger partial charge in [-0.25, -0.2) is 0 Å². The van der Waals surface area contributed by atoms with Crippen molar-refractivity contribution in [1.29, 1.82) is 0 Å². The number of thiophene rings is 1. The number of rotatable bonds is 6. The molecule has 4 nitrogen and oxygen atoms in total. The number of amides is 2. The maximum absolute atomic E-state index is 12.9. The van der Waals surface area contributed by atoms with Crippen molar-refractivity contribution >= 4 is 28.8 Å². The second-order valence-corrected chi connectivity index (χ2v) is 8.79. The summed E-state index contributed by atoms with van der Waals surface area (Å²) in [5.41, 5.74) is 5.66. The van der Waals surface area contributed by atoms with E-state index in [1.54, 1.807) is 11.3 Å². The van der Waals surface area contributed by atoms with E-state index >= 15 is 0 Å². The van der Waals surface area contributed by atoms with Crippen molar-refractivity contribution in [1.82, 2.24) is 5.32 Å². The van der Waals surface area contributed by atoms with E-state index in [9.17, 15) is 9.59 Å². The number of aryl methyl sites for hydroxylation is 2. The summed E-state index contributed by atoms with van der Waals surface area (Å²) in [4.78, 5) is 25.2. The molecule has 2 amide bonds. The Labute approximate surface area is 181 Å². The summed E-state index contributed by atoms with van der Waals surface area (Å²) in [7, 11) is 0. The molecule has 0 saturated heterocycles. The molecule has 0 radical (unpaired) electrons. The molecule has 1 aliphatic carbocycles. The molecule has 1 unspecified atom stereocenters. The van der Waals surface area contributed by atoms with Crippen molar-refractivity contribution in [3.8, 4) is 0 Å². The van der Waals surface area contributed by atoms with Crippen LogP contribution in [0.15, 0.2) is 60.0 Å². The molecule has 3 aromatic rings. The number of fused-ring (bicyclic) bond motifs is 1. The summed E-state index contributed by atoms with van der Waals surface area (Å²) in [5.74, 6) is -0.122. The third-order valence-electron chi connectivity index (χ3n) is 5.48. The van der Waals surface area contributed by atoms with Gasteiger partial charge in [0, 0.05) is 17.5 Å². The minimum absolute atomic E-state index is 0.0154. The molecule has 1 atom stereocenters. The molecule has 154 valence electrons. The summed E-state index contributed by atoms with van der Waals surface area (Å²) in [6, 6.07) is 18.1. The van der Waals surface area contributed by atoms with E-state index in [4.69, 9.17) is 0 Å². The lowest BCUT2D eigenvalue weighted by Crippen LogP contribution is -2.30. The second kappa shape index (κ2) is 9.26. The molecule has 1 heterocycles. The van der Waals surface area contributed by atoms with Crippen molar-refractivity contribution in [2.75, 3.05) is 5.32 Å². The maximum atomic E-state index is 12.9. The van der Waals surface area contributed by atoms with E-state index in [0.717, 1.165) is 34.5 Å². The Balaban J connectivity index is 1.50. The van der Waals surface area contributed by atoms with E-state index < -0.39 is 0 Å². The van der Waals surface area contributed by atoms with Crippen LogP contribution >= 0.6 is 11.3 Å². The Hall–Kier alpha value is -2.92. The highest BCUT2D eigenvalue weighted by atomic mass is 32.1. The molecule has 1 aromatic heterocycles. The molecule has 1 aliphatic rings. The summed E-state index contributed by atoms with van der Waals surface area (Å²) in [5, 5.41) is 8.03. The molecule has 4 rings (SSSR count). The van der Waals surface area contributed by atoms with Crippen LogP contribution in [0.3, 0.4) is 0 Å². The fourth-order valence-corrected chi connectivity index (χ4v) is 4.82. The summed E-state index contributed by atoms with van der Waals surface area (Å²) >= 11 is 1.66. The lowest BCUT2D eigenvalue weighted by atomic mass is 9.89. The Bertz CT molecular complexity index is 1030. The van der Waals surface area contributed by atoms with Gasteiger partial charge in [-0.2, -0.15) is 0 Å². The van der Waals surface area contributed by atoms with Gasteiger partial charge in [-0.15, -0.1) is 11.3 Å². The Morgan fingerprint density at radius 1 is 1.00 bits per heavy atom. The van der Waals surface area contributed by atoms with Gasteiger partial charge >= 0.3 is 0 Å². The lowest BCUT2D eigenvalue weighted by molar-refractivity contribution is -0.121. The average molecular weight is 419 g/mol. The van der Waals surface area contributed by atoms with E-state index in [-0.39, 0.29) is 17.9 Å². The number of hydrogen-bond acceptors (Lipinski definition) is 3. The molecule has 0 aliphatic heterocycles. The lowest BCUT2D eigenvalue weighted by Gasteiger charge is -2.22. The van der Waals surface area contributed by atoms with Crippen LogP contribution in [-0.2, 0) is 28.9 Å². The van der Waals surface area contributed by atoms with Crippen molar-refractivity contribution in [3.63, 3.8) is 0 Å². The molecule has 0 saturated carbocycles. The summed E-state index contributed by atoms with van der Waals surface area (Å²) in [6.07, 6.45) is 5.07. The molecule has 2 aromatic carbocycles. The van der Waals surface area contributed by atoms with Crippen LogP contribution in [0.25, 0.3) is 0 Å². The first kappa shape index (κ1) is 20.4. The predicted molar refractivity (Wildman–Crippen MR) is 122 cm³/mol. The fraction of sp³-hybridized carbons (Fsp3) is 0.280. The molecule has 30 heavy (non-hydrogen) atoms. The topological polar surface area (TPSA) is 58.2 Å². The van der Waals surface area contributed by atoms with Gasteiger partial charge in [-0.1, -0.05) is 36.4 Å². The third-order valence-corrected chi connectivity index (χ3v) is 6.42. The first-order valence-corrected chi connectivity index (χ1v) is 11.3. The van der Waals surface area contributed by atoms with Crippen molar-refractivity contribution < 1.29 is 9.59 Å². The minimum Gasteiger partial charge on any atom is -0.344 e. The first-order chi connectivity index (χ1) is 14.6. The van der Waals surface area contributed by atoms with Gasteiger partial charge in [-0.3, -0.25) is 9.59 Å². The molecule has 0 spiro atoms. The smallest absolute Gasteiger partial charge is 0.225 e. The van der Waals surface area contributed by atoms with Gasteiger partial charge < -0.3 is 10.6 Å². The van der Waals surface area contributed by atoms with E-state index in [2.05, 4.69) is 34.9 Å². The number of hydrogen-bond donors (Lipinski definition) is 2. The van der Waals surface area contributed by atoms with Gasteiger partial charge in [-0.05, 0) is 71.5 Å².